The van der Waals surface area contributed by atoms with Gasteiger partial charge in [0, 0.05) is 12.5 Å². The molecular weight excluding hydrogens is 234 g/mol. The van der Waals surface area contributed by atoms with Crippen molar-refractivity contribution in [2.75, 3.05) is 24.6 Å². The molecule has 2 fully saturated rings. The molecule has 4 nitrogen and oxygen atoms in total. The van der Waals surface area contributed by atoms with E-state index in [9.17, 15) is 0 Å². The minimum Gasteiger partial charge on any atom is -0.339 e. The Morgan fingerprint density at radius 1 is 1.18 bits per heavy atom. The number of hydrogen-bond donors (Lipinski definition) is 1. The highest BCUT2D eigenvalue weighted by Gasteiger charge is 2.25. The van der Waals surface area contributed by atoms with Crippen LogP contribution in [0, 0.1) is 0 Å². The van der Waals surface area contributed by atoms with Crippen LogP contribution in [0.2, 0.25) is 0 Å². The number of thioether (sulfide) groups is 1. The van der Waals surface area contributed by atoms with E-state index in [4.69, 9.17) is 4.52 Å². The summed E-state index contributed by atoms with van der Waals surface area (Å²) in [6.45, 7) is 2.11. The molecule has 17 heavy (non-hydrogen) atoms. The highest BCUT2D eigenvalue weighted by molar-refractivity contribution is 7.99. The Morgan fingerprint density at radius 3 is 2.82 bits per heavy atom. The third-order valence-corrected chi connectivity index (χ3v) is 4.74. The number of rotatable bonds is 2. The molecule has 0 amide bonds. The molecule has 0 aliphatic carbocycles. The summed E-state index contributed by atoms with van der Waals surface area (Å²) in [7, 11) is 0. The number of hydrogen-bond acceptors (Lipinski definition) is 5. The van der Waals surface area contributed by atoms with Crippen LogP contribution in [0.15, 0.2) is 4.52 Å². The standard InChI is InChI=1S/C12H19N3OS/c1-2-10(8-13-5-1)12-14-11(15-16-12)9-3-6-17-7-4-9/h9-10,13H,1-8H2. The molecule has 2 aliphatic heterocycles. The molecule has 5 heteroatoms. The molecule has 3 heterocycles. The Hall–Kier alpha value is -0.550. The molecule has 0 bridgehead atoms. The molecule has 1 aromatic rings. The van der Waals surface area contributed by atoms with Crippen LogP contribution >= 0.6 is 11.8 Å². The molecule has 0 radical (unpaired) electrons. The summed E-state index contributed by atoms with van der Waals surface area (Å²) < 4.78 is 5.45. The minimum absolute atomic E-state index is 0.433. The largest absolute Gasteiger partial charge is 0.339 e. The number of piperidine rings is 1. The number of nitrogens with one attached hydrogen (secondary N) is 1. The molecule has 1 N–H and O–H groups in total. The predicted molar refractivity (Wildman–Crippen MR) is 68.4 cm³/mol. The van der Waals surface area contributed by atoms with Gasteiger partial charge in [-0.1, -0.05) is 5.16 Å². The van der Waals surface area contributed by atoms with Crippen molar-refractivity contribution < 1.29 is 4.52 Å². The van der Waals surface area contributed by atoms with Crippen molar-refractivity contribution in [1.82, 2.24) is 15.5 Å². The zero-order chi connectivity index (χ0) is 11.5. The van der Waals surface area contributed by atoms with Gasteiger partial charge in [0.15, 0.2) is 5.82 Å². The lowest BCUT2D eigenvalue weighted by Gasteiger charge is -2.19. The fraction of sp³-hybridized carbons (Fsp3) is 0.833. The Kier molecular flexibility index (Phi) is 3.66. The summed E-state index contributed by atoms with van der Waals surface area (Å²) in [5, 5.41) is 7.58. The Morgan fingerprint density at radius 2 is 2.06 bits per heavy atom. The van der Waals surface area contributed by atoms with Gasteiger partial charge in [-0.2, -0.15) is 16.7 Å². The van der Waals surface area contributed by atoms with Gasteiger partial charge in [0.1, 0.15) is 0 Å². The van der Waals surface area contributed by atoms with E-state index in [0.29, 0.717) is 11.8 Å². The molecule has 2 aliphatic rings. The van der Waals surface area contributed by atoms with E-state index in [-0.39, 0.29) is 0 Å². The van der Waals surface area contributed by atoms with Crippen molar-refractivity contribution in [2.45, 2.75) is 37.5 Å². The second-order valence-electron chi connectivity index (χ2n) is 4.92. The molecule has 0 aromatic carbocycles. The van der Waals surface area contributed by atoms with E-state index in [1.807, 2.05) is 11.8 Å². The van der Waals surface area contributed by atoms with Crippen molar-refractivity contribution in [3.63, 3.8) is 0 Å². The monoisotopic (exact) mass is 253 g/mol. The zero-order valence-electron chi connectivity index (χ0n) is 10.0. The summed E-state index contributed by atoms with van der Waals surface area (Å²) >= 11 is 2.03. The maximum atomic E-state index is 5.45. The van der Waals surface area contributed by atoms with Gasteiger partial charge in [-0.05, 0) is 43.7 Å². The van der Waals surface area contributed by atoms with Crippen molar-refractivity contribution in [2.24, 2.45) is 0 Å². The van der Waals surface area contributed by atoms with Crippen LogP contribution < -0.4 is 5.32 Å². The average molecular weight is 253 g/mol. The second kappa shape index (κ2) is 5.40. The molecule has 2 saturated heterocycles. The predicted octanol–water partition coefficient (Wildman–Crippen LogP) is 2.15. The summed E-state index contributed by atoms with van der Waals surface area (Å²) in [4.78, 5) is 4.63. The van der Waals surface area contributed by atoms with Crippen molar-refractivity contribution in [1.29, 1.82) is 0 Å². The van der Waals surface area contributed by atoms with Crippen LogP contribution in [-0.4, -0.2) is 34.7 Å². The van der Waals surface area contributed by atoms with Gasteiger partial charge in [0.05, 0.1) is 5.92 Å². The number of aromatic nitrogens is 2. The smallest absolute Gasteiger partial charge is 0.231 e. The first-order chi connectivity index (χ1) is 8.43. The van der Waals surface area contributed by atoms with E-state index in [1.165, 1.54) is 37.2 Å². The summed E-state index contributed by atoms with van der Waals surface area (Å²) in [6.07, 6.45) is 4.79. The van der Waals surface area contributed by atoms with Gasteiger partial charge in [-0.15, -0.1) is 0 Å². The highest BCUT2D eigenvalue weighted by atomic mass is 32.2. The van der Waals surface area contributed by atoms with E-state index in [0.717, 1.165) is 24.8 Å². The van der Waals surface area contributed by atoms with Gasteiger partial charge >= 0.3 is 0 Å². The first-order valence-electron chi connectivity index (χ1n) is 6.55. The summed E-state index contributed by atoms with van der Waals surface area (Å²) in [5.74, 6) is 5.24. The normalized spacial score (nSPS) is 27.2. The SMILES string of the molecule is C1CNCC(c2nc(C3CCSCC3)no2)C1. The van der Waals surface area contributed by atoms with E-state index in [1.54, 1.807) is 0 Å². The Balaban J connectivity index is 1.68. The fourth-order valence-corrected chi connectivity index (χ4v) is 3.70. The van der Waals surface area contributed by atoms with Gasteiger partial charge in [-0.3, -0.25) is 0 Å². The average Bonchev–Trinajstić information content (AvgIpc) is 2.90. The maximum absolute atomic E-state index is 5.45. The van der Waals surface area contributed by atoms with E-state index < -0.39 is 0 Å². The van der Waals surface area contributed by atoms with Crippen LogP contribution in [0.4, 0.5) is 0 Å². The van der Waals surface area contributed by atoms with Gasteiger partial charge in [0.2, 0.25) is 5.89 Å². The third kappa shape index (κ3) is 2.65. The van der Waals surface area contributed by atoms with Crippen LogP contribution in [0.3, 0.4) is 0 Å². The Labute approximate surface area is 106 Å². The third-order valence-electron chi connectivity index (χ3n) is 3.69. The maximum Gasteiger partial charge on any atom is 0.231 e. The van der Waals surface area contributed by atoms with Crippen molar-refractivity contribution in [3.8, 4) is 0 Å². The van der Waals surface area contributed by atoms with Crippen LogP contribution in [0.5, 0.6) is 0 Å². The zero-order valence-corrected chi connectivity index (χ0v) is 10.8. The summed E-state index contributed by atoms with van der Waals surface area (Å²) in [5.41, 5.74) is 0. The second-order valence-corrected chi connectivity index (χ2v) is 6.15. The fourth-order valence-electron chi connectivity index (χ4n) is 2.60. The van der Waals surface area contributed by atoms with Crippen molar-refractivity contribution in [3.05, 3.63) is 11.7 Å². The number of nitrogens with zero attached hydrogens (tertiary/aromatic N) is 2. The lowest BCUT2D eigenvalue weighted by Crippen LogP contribution is -2.28. The van der Waals surface area contributed by atoms with Gasteiger partial charge in [-0.25, -0.2) is 0 Å². The van der Waals surface area contributed by atoms with E-state index >= 15 is 0 Å². The molecule has 3 rings (SSSR count). The molecule has 0 spiro atoms. The topological polar surface area (TPSA) is 51.0 Å². The van der Waals surface area contributed by atoms with Crippen LogP contribution in [-0.2, 0) is 0 Å². The molecule has 94 valence electrons. The Bertz CT molecular complexity index is 324. The molecule has 0 saturated carbocycles. The van der Waals surface area contributed by atoms with Crippen molar-refractivity contribution >= 4 is 11.8 Å². The molecular formula is C12H19N3OS. The van der Waals surface area contributed by atoms with Gasteiger partial charge < -0.3 is 9.84 Å². The lowest BCUT2D eigenvalue weighted by molar-refractivity contribution is 0.318. The van der Waals surface area contributed by atoms with Crippen LogP contribution in [0.25, 0.3) is 0 Å². The molecule has 1 unspecified atom stereocenters. The first-order valence-corrected chi connectivity index (χ1v) is 7.71. The molecule has 1 atom stereocenters. The minimum atomic E-state index is 0.433. The van der Waals surface area contributed by atoms with Gasteiger partial charge in [0.25, 0.3) is 0 Å². The quantitative estimate of drug-likeness (QED) is 0.875. The first kappa shape index (κ1) is 11.5. The van der Waals surface area contributed by atoms with E-state index in [2.05, 4.69) is 15.5 Å². The summed E-state index contributed by atoms with van der Waals surface area (Å²) in [6, 6.07) is 0. The molecule has 1 aromatic heterocycles. The highest BCUT2D eigenvalue weighted by Crippen LogP contribution is 2.31. The lowest BCUT2D eigenvalue weighted by atomic mass is 9.99. The van der Waals surface area contributed by atoms with Crippen LogP contribution in [0.1, 0.15) is 49.2 Å².